The van der Waals surface area contributed by atoms with Gasteiger partial charge < -0.3 is 4.90 Å². The summed E-state index contributed by atoms with van der Waals surface area (Å²) in [5.41, 5.74) is 0. The Morgan fingerprint density at radius 3 is 2.41 bits per heavy atom. The number of fused-ring (bicyclic) bond motifs is 1. The van der Waals surface area contributed by atoms with E-state index in [1.807, 2.05) is 18.7 Å². The van der Waals surface area contributed by atoms with Crippen LogP contribution in [0.5, 0.6) is 0 Å². The number of nitriles is 1. The van der Waals surface area contributed by atoms with Gasteiger partial charge in [0.15, 0.2) is 0 Å². The monoisotopic (exact) mass is 234 g/mol. The van der Waals surface area contributed by atoms with E-state index in [1.54, 1.807) is 0 Å². The molecule has 2 aliphatic rings. The predicted octanol–water partition coefficient (Wildman–Crippen LogP) is 2.57. The zero-order chi connectivity index (χ0) is 12.4. The third-order valence-corrected chi connectivity index (χ3v) is 4.31. The summed E-state index contributed by atoms with van der Waals surface area (Å²) in [6.45, 7) is 4.69. The second-order valence-electron chi connectivity index (χ2n) is 5.67. The topological polar surface area (TPSA) is 44.1 Å². The van der Waals surface area contributed by atoms with Crippen molar-refractivity contribution in [2.75, 3.05) is 6.54 Å². The Bertz CT molecular complexity index is 320. The van der Waals surface area contributed by atoms with Crippen molar-refractivity contribution in [3.63, 3.8) is 0 Å². The minimum Gasteiger partial charge on any atom is -0.339 e. The SMILES string of the molecule is CC(C)N(CCC#N)C(=O)C1C2CCCCC21. The molecular weight excluding hydrogens is 212 g/mol. The summed E-state index contributed by atoms with van der Waals surface area (Å²) in [6.07, 6.45) is 5.53. The van der Waals surface area contributed by atoms with Crippen LogP contribution in [0.3, 0.4) is 0 Å². The maximum absolute atomic E-state index is 12.4. The highest BCUT2D eigenvalue weighted by Gasteiger charge is 2.55. The van der Waals surface area contributed by atoms with Crippen LogP contribution in [0.4, 0.5) is 0 Å². The van der Waals surface area contributed by atoms with Crippen molar-refractivity contribution in [1.29, 1.82) is 5.26 Å². The lowest BCUT2D eigenvalue weighted by Crippen LogP contribution is -2.39. The summed E-state index contributed by atoms with van der Waals surface area (Å²) in [7, 11) is 0. The molecular formula is C14H22N2O. The molecule has 2 rings (SSSR count). The summed E-state index contributed by atoms with van der Waals surface area (Å²) >= 11 is 0. The van der Waals surface area contributed by atoms with E-state index in [0.717, 1.165) is 0 Å². The van der Waals surface area contributed by atoms with E-state index in [2.05, 4.69) is 6.07 Å². The molecule has 2 aliphatic carbocycles. The molecule has 0 aliphatic heterocycles. The minimum atomic E-state index is 0.221. The Morgan fingerprint density at radius 1 is 1.35 bits per heavy atom. The Labute approximate surface area is 104 Å². The van der Waals surface area contributed by atoms with Crippen molar-refractivity contribution in [2.24, 2.45) is 17.8 Å². The molecule has 0 heterocycles. The first-order valence-electron chi connectivity index (χ1n) is 6.84. The molecule has 17 heavy (non-hydrogen) atoms. The van der Waals surface area contributed by atoms with Gasteiger partial charge in [0.25, 0.3) is 0 Å². The Hall–Kier alpha value is -1.04. The number of nitrogens with zero attached hydrogens (tertiary/aromatic N) is 2. The van der Waals surface area contributed by atoms with Crippen molar-refractivity contribution in [3.8, 4) is 6.07 Å². The lowest BCUT2D eigenvalue weighted by molar-refractivity contribution is -0.134. The highest BCUT2D eigenvalue weighted by atomic mass is 16.2. The van der Waals surface area contributed by atoms with E-state index in [1.165, 1.54) is 25.7 Å². The largest absolute Gasteiger partial charge is 0.339 e. The van der Waals surface area contributed by atoms with E-state index >= 15 is 0 Å². The molecule has 2 unspecified atom stereocenters. The first-order valence-corrected chi connectivity index (χ1v) is 6.84. The van der Waals surface area contributed by atoms with E-state index in [9.17, 15) is 4.79 Å². The zero-order valence-electron chi connectivity index (χ0n) is 10.9. The standard InChI is InChI=1S/C14H22N2O/c1-10(2)16(9-5-8-15)14(17)13-11-6-3-4-7-12(11)13/h10-13H,3-7,9H2,1-2H3. The highest BCUT2D eigenvalue weighted by molar-refractivity contribution is 5.82. The fraction of sp³-hybridized carbons (Fsp3) is 0.857. The summed E-state index contributed by atoms with van der Waals surface area (Å²) in [5, 5.41) is 8.65. The molecule has 1 amide bonds. The normalized spacial score (nSPS) is 30.6. The highest BCUT2D eigenvalue weighted by Crippen LogP contribution is 2.56. The molecule has 94 valence electrons. The molecule has 2 saturated carbocycles. The average molecular weight is 234 g/mol. The van der Waals surface area contributed by atoms with Crippen LogP contribution in [0.15, 0.2) is 0 Å². The number of carbonyl (C=O) groups is 1. The first-order chi connectivity index (χ1) is 8.16. The van der Waals surface area contributed by atoms with E-state index in [4.69, 9.17) is 5.26 Å². The van der Waals surface area contributed by atoms with Crippen LogP contribution in [0, 0.1) is 29.1 Å². The molecule has 0 spiro atoms. The lowest BCUT2D eigenvalue weighted by atomic mass is 10.0. The van der Waals surface area contributed by atoms with Crippen LogP contribution in [0.25, 0.3) is 0 Å². The number of amides is 1. The fourth-order valence-corrected chi connectivity index (χ4v) is 3.34. The number of carbonyl (C=O) groups excluding carboxylic acids is 1. The smallest absolute Gasteiger partial charge is 0.226 e. The third-order valence-electron chi connectivity index (χ3n) is 4.31. The van der Waals surface area contributed by atoms with Crippen molar-refractivity contribution >= 4 is 5.91 Å². The van der Waals surface area contributed by atoms with Gasteiger partial charge in [0.05, 0.1) is 12.5 Å². The van der Waals surface area contributed by atoms with Crippen LogP contribution in [0.2, 0.25) is 0 Å². The Kier molecular flexibility index (Phi) is 3.71. The molecule has 0 bridgehead atoms. The predicted molar refractivity (Wildman–Crippen MR) is 66.0 cm³/mol. The lowest BCUT2D eigenvalue weighted by Gasteiger charge is -2.26. The fourth-order valence-electron chi connectivity index (χ4n) is 3.34. The summed E-state index contributed by atoms with van der Waals surface area (Å²) < 4.78 is 0. The summed E-state index contributed by atoms with van der Waals surface area (Å²) in [5.74, 6) is 1.94. The van der Waals surface area contributed by atoms with Crippen molar-refractivity contribution < 1.29 is 4.79 Å². The molecule has 0 aromatic heterocycles. The quantitative estimate of drug-likeness (QED) is 0.750. The van der Waals surface area contributed by atoms with Gasteiger partial charge in [-0.3, -0.25) is 4.79 Å². The maximum atomic E-state index is 12.4. The summed E-state index contributed by atoms with van der Waals surface area (Å²) in [4.78, 5) is 14.3. The van der Waals surface area contributed by atoms with Gasteiger partial charge in [-0.2, -0.15) is 5.26 Å². The first kappa shape index (κ1) is 12.4. The molecule has 0 saturated heterocycles. The van der Waals surface area contributed by atoms with Gasteiger partial charge in [0.2, 0.25) is 5.91 Å². The van der Waals surface area contributed by atoms with Crippen LogP contribution in [-0.4, -0.2) is 23.4 Å². The molecule has 0 aromatic carbocycles. The molecule has 0 aromatic rings. The number of rotatable bonds is 4. The van der Waals surface area contributed by atoms with Crippen LogP contribution in [-0.2, 0) is 4.79 Å². The average Bonchev–Trinajstić information content (AvgIpc) is 3.02. The second-order valence-corrected chi connectivity index (χ2v) is 5.67. The van der Waals surface area contributed by atoms with Gasteiger partial charge in [-0.15, -0.1) is 0 Å². The van der Waals surface area contributed by atoms with Crippen molar-refractivity contribution in [3.05, 3.63) is 0 Å². The van der Waals surface area contributed by atoms with Crippen LogP contribution < -0.4 is 0 Å². The van der Waals surface area contributed by atoms with Gasteiger partial charge in [0, 0.05) is 18.5 Å². The second kappa shape index (κ2) is 5.08. The van der Waals surface area contributed by atoms with Crippen molar-refractivity contribution in [2.45, 2.75) is 52.0 Å². The molecule has 3 nitrogen and oxygen atoms in total. The molecule has 0 radical (unpaired) electrons. The van der Waals surface area contributed by atoms with E-state index in [-0.39, 0.29) is 6.04 Å². The Balaban J connectivity index is 1.95. The van der Waals surface area contributed by atoms with Gasteiger partial charge in [-0.1, -0.05) is 12.8 Å². The zero-order valence-corrected chi connectivity index (χ0v) is 10.9. The van der Waals surface area contributed by atoms with Crippen LogP contribution >= 0.6 is 0 Å². The van der Waals surface area contributed by atoms with Crippen molar-refractivity contribution in [1.82, 2.24) is 4.90 Å². The molecule has 2 atom stereocenters. The van der Waals surface area contributed by atoms with Gasteiger partial charge in [0.1, 0.15) is 0 Å². The van der Waals surface area contributed by atoms with E-state index in [0.29, 0.717) is 36.6 Å². The number of hydrogen-bond acceptors (Lipinski definition) is 2. The van der Waals surface area contributed by atoms with Crippen LogP contribution in [0.1, 0.15) is 46.0 Å². The van der Waals surface area contributed by atoms with E-state index < -0.39 is 0 Å². The third kappa shape index (κ3) is 2.46. The number of hydrogen-bond donors (Lipinski definition) is 0. The van der Waals surface area contributed by atoms with Gasteiger partial charge >= 0.3 is 0 Å². The molecule has 0 N–H and O–H groups in total. The maximum Gasteiger partial charge on any atom is 0.226 e. The molecule has 3 heteroatoms. The Morgan fingerprint density at radius 2 is 1.94 bits per heavy atom. The molecule has 2 fully saturated rings. The summed E-state index contributed by atoms with van der Waals surface area (Å²) in [6, 6.07) is 2.36. The van der Waals surface area contributed by atoms with Gasteiger partial charge in [-0.25, -0.2) is 0 Å². The minimum absolute atomic E-state index is 0.221. The van der Waals surface area contributed by atoms with Gasteiger partial charge in [-0.05, 0) is 38.5 Å².